The van der Waals surface area contributed by atoms with Gasteiger partial charge in [0, 0.05) is 58.2 Å². The van der Waals surface area contributed by atoms with Crippen molar-refractivity contribution in [3.63, 3.8) is 0 Å². The summed E-state index contributed by atoms with van der Waals surface area (Å²) >= 11 is 0. The average Bonchev–Trinajstić information content (AvgIpc) is 2.64. The fourth-order valence-corrected chi connectivity index (χ4v) is 3.83. The first kappa shape index (κ1) is 21.2. The van der Waals surface area contributed by atoms with Crippen LogP contribution in [0.4, 0.5) is 0 Å². The largest absolute Gasteiger partial charge is 0.496 e. The number of carbonyl (C=O) groups is 2. The van der Waals surface area contributed by atoms with E-state index >= 15 is 0 Å². The molecular formula is C18H27N3O5S. The van der Waals surface area contributed by atoms with Crippen LogP contribution in [-0.4, -0.2) is 80.4 Å². The quantitative estimate of drug-likeness (QED) is 0.670. The van der Waals surface area contributed by atoms with E-state index in [1.165, 1.54) is 18.3 Å². The van der Waals surface area contributed by atoms with E-state index in [9.17, 15) is 18.0 Å². The second kappa shape index (κ2) is 9.18. The SMILES string of the molecule is COc1ccccc1CN(CCC(=O)N1CCN(C(C)=O)CC1)S(C)(=O)=O. The monoisotopic (exact) mass is 397 g/mol. The predicted octanol–water partition coefficient (Wildman–Crippen LogP) is 0.538. The van der Waals surface area contributed by atoms with Crippen LogP contribution in [0.2, 0.25) is 0 Å². The highest BCUT2D eigenvalue weighted by molar-refractivity contribution is 7.88. The lowest BCUT2D eigenvalue weighted by molar-refractivity contribution is -0.138. The van der Waals surface area contributed by atoms with Gasteiger partial charge in [-0.15, -0.1) is 0 Å². The number of methoxy groups -OCH3 is 1. The minimum Gasteiger partial charge on any atom is -0.496 e. The number of carbonyl (C=O) groups excluding carboxylic acids is 2. The summed E-state index contributed by atoms with van der Waals surface area (Å²) in [5.74, 6) is 0.506. The summed E-state index contributed by atoms with van der Waals surface area (Å²) in [6, 6.07) is 7.21. The summed E-state index contributed by atoms with van der Waals surface area (Å²) in [4.78, 5) is 27.2. The summed E-state index contributed by atoms with van der Waals surface area (Å²) in [7, 11) is -1.94. The van der Waals surface area contributed by atoms with Crippen molar-refractivity contribution in [2.45, 2.75) is 19.9 Å². The van der Waals surface area contributed by atoms with Crippen LogP contribution < -0.4 is 4.74 Å². The third kappa shape index (κ3) is 5.93. The van der Waals surface area contributed by atoms with E-state index in [2.05, 4.69) is 0 Å². The molecule has 1 saturated heterocycles. The number of benzene rings is 1. The number of nitrogens with zero attached hydrogens (tertiary/aromatic N) is 3. The van der Waals surface area contributed by atoms with E-state index in [0.717, 1.165) is 11.8 Å². The highest BCUT2D eigenvalue weighted by atomic mass is 32.2. The summed E-state index contributed by atoms with van der Waals surface area (Å²) in [6.07, 6.45) is 1.24. The zero-order valence-electron chi connectivity index (χ0n) is 16.1. The Morgan fingerprint density at radius 1 is 1.11 bits per heavy atom. The second-order valence-corrected chi connectivity index (χ2v) is 8.53. The molecule has 0 aliphatic carbocycles. The van der Waals surface area contributed by atoms with Crippen LogP contribution in [0.5, 0.6) is 5.75 Å². The number of hydrogen-bond donors (Lipinski definition) is 0. The van der Waals surface area contributed by atoms with Gasteiger partial charge >= 0.3 is 0 Å². The van der Waals surface area contributed by atoms with Crippen LogP contribution in [0.25, 0.3) is 0 Å². The summed E-state index contributed by atoms with van der Waals surface area (Å²) in [5.41, 5.74) is 0.743. The first-order valence-corrected chi connectivity index (χ1v) is 10.7. The lowest BCUT2D eigenvalue weighted by Gasteiger charge is -2.34. The van der Waals surface area contributed by atoms with Gasteiger partial charge in [-0.05, 0) is 6.07 Å². The Labute approximate surface area is 160 Å². The van der Waals surface area contributed by atoms with Gasteiger partial charge in [0.2, 0.25) is 21.8 Å². The molecule has 8 nitrogen and oxygen atoms in total. The molecule has 1 fully saturated rings. The molecule has 9 heteroatoms. The highest BCUT2D eigenvalue weighted by Gasteiger charge is 2.25. The first-order valence-electron chi connectivity index (χ1n) is 8.82. The standard InChI is InChI=1S/C18H27N3O5S/c1-15(22)19-10-12-20(13-11-19)18(23)8-9-21(27(3,24)25)14-16-6-4-5-7-17(16)26-2/h4-7H,8-14H2,1-3H3. The molecule has 1 aromatic rings. The normalized spacial score (nSPS) is 15.1. The number of piperazine rings is 1. The van der Waals surface area contributed by atoms with Crippen molar-refractivity contribution in [3.05, 3.63) is 29.8 Å². The zero-order valence-corrected chi connectivity index (χ0v) is 16.9. The fraction of sp³-hybridized carbons (Fsp3) is 0.556. The van der Waals surface area contributed by atoms with Gasteiger partial charge in [0.15, 0.2) is 0 Å². The molecule has 0 N–H and O–H groups in total. The average molecular weight is 397 g/mol. The van der Waals surface area contributed by atoms with E-state index < -0.39 is 10.0 Å². The van der Waals surface area contributed by atoms with Gasteiger partial charge in [0.25, 0.3) is 0 Å². The van der Waals surface area contributed by atoms with E-state index in [1.54, 1.807) is 21.9 Å². The van der Waals surface area contributed by atoms with E-state index in [0.29, 0.717) is 31.9 Å². The maximum absolute atomic E-state index is 12.5. The Bertz CT molecular complexity index is 773. The Kier molecular flexibility index (Phi) is 7.20. The summed E-state index contributed by atoms with van der Waals surface area (Å²) in [6.45, 7) is 3.74. The van der Waals surface area contributed by atoms with Gasteiger partial charge in [-0.1, -0.05) is 18.2 Å². The molecule has 0 unspecified atom stereocenters. The van der Waals surface area contributed by atoms with Crippen molar-refractivity contribution in [3.8, 4) is 5.75 Å². The molecule has 1 aliphatic rings. The van der Waals surface area contributed by atoms with Crippen LogP contribution in [0.15, 0.2) is 24.3 Å². The van der Waals surface area contributed by atoms with Crippen LogP contribution in [-0.2, 0) is 26.2 Å². The Morgan fingerprint density at radius 3 is 2.26 bits per heavy atom. The Morgan fingerprint density at radius 2 is 1.70 bits per heavy atom. The Hall–Kier alpha value is -2.13. The van der Waals surface area contributed by atoms with Crippen molar-refractivity contribution < 1.29 is 22.7 Å². The van der Waals surface area contributed by atoms with Crippen molar-refractivity contribution in [2.24, 2.45) is 0 Å². The van der Waals surface area contributed by atoms with Gasteiger partial charge in [-0.2, -0.15) is 4.31 Å². The topological polar surface area (TPSA) is 87.2 Å². The third-order valence-electron chi connectivity index (χ3n) is 4.66. The van der Waals surface area contributed by atoms with Crippen molar-refractivity contribution >= 4 is 21.8 Å². The van der Waals surface area contributed by atoms with Gasteiger partial charge in [-0.3, -0.25) is 9.59 Å². The van der Waals surface area contributed by atoms with E-state index in [-0.39, 0.29) is 31.3 Å². The van der Waals surface area contributed by atoms with Gasteiger partial charge in [0.05, 0.1) is 13.4 Å². The second-order valence-electron chi connectivity index (χ2n) is 6.55. The fourth-order valence-electron chi connectivity index (χ4n) is 3.03. The molecule has 0 spiro atoms. The van der Waals surface area contributed by atoms with Crippen molar-refractivity contribution in [1.29, 1.82) is 0 Å². The molecule has 0 aromatic heterocycles. The smallest absolute Gasteiger partial charge is 0.224 e. The van der Waals surface area contributed by atoms with E-state index in [4.69, 9.17) is 4.74 Å². The Balaban J connectivity index is 1.97. The maximum atomic E-state index is 12.5. The van der Waals surface area contributed by atoms with Crippen LogP contribution in [0.1, 0.15) is 18.9 Å². The highest BCUT2D eigenvalue weighted by Crippen LogP contribution is 2.20. The van der Waals surface area contributed by atoms with Gasteiger partial charge < -0.3 is 14.5 Å². The number of ether oxygens (including phenoxy) is 1. The third-order valence-corrected chi connectivity index (χ3v) is 5.91. The number of rotatable bonds is 7. The molecule has 1 aliphatic heterocycles. The van der Waals surface area contributed by atoms with Gasteiger partial charge in [-0.25, -0.2) is 8.42 Å². The van der Waals surface area contributed by atoms with Crippen LogP contribution in [0.3, 0.4) is 0 Å². The molecule has 0 bridgehead atoms. The maximum Gasteiger partial charge on any atom is 0.224 e. The number of para-hydroxylation sites is 1. The number of amides is 2. The van der Waals surface area contributed by atoms with Crippen LogP contribution in [0, 0.1) is 0 Å². The molecule has 150 valence electrons. The minimum absolute atomic E-state index is 0.00200. The molecule has 0 atom stereocenters. The molecule has 2 rings (SSSR count). The van der Waals surface area contributed by atoms with Crippen molar-refractivity contribution in [2.75, 3.05) is 46.1 Å². The predicted molar refractivity (Wildman–Crippen MR) is 102 cm³/mol. The molecule has 0 radical (unpaired) electrons. The van der Waals surface area contributed by atoms with Crippen LogP contribution >= 0.6 is 0 Å². The molecule has 0 saturated carbocycles. The minimum atomic E-state index is -3.48. The molecule has 2 amide bonds. The number of sulfonamides is 1. The first-order chi connectivity index (χ1) is 12.7. The van der Waals surface area contributed by atoms with E-state index in [1.807, 2.05) is 12.1 Å². The lowest BCUT2D eigenvalue weighted by Crippen LogP contribution is -2.50. The number of hydrogen-bond acceptors (Lipinski definition) is 5. The molecule has 1 heterocycles. The zero-order chi connectivity index (χ0) is 20.0. The molecule has 27 heavy (non-hydrogen) atoms. The molecule has 1 aromatic carbocycles. The summed E-state index contributed by atoms with van der Waals surface area (Å²) < 4.78 is 30.9. The molecular weight excluding hydrogens is 370 g/mol. The van der Waals surface area contributed by atoms with Crippen molar-refractivity contribution in [1.82, 2.24) is 14.1 Å². The lowest BCUT2D eigenvalue weighted by atomic mass is 10.2. The summed E-state index contributed by atoms with van der Waals surface area (Å²) in [5, 5.41) is 0. The van der Waals surface area contributed by atoms with Gasteiger partial charge in [0.1, 0.15) is 5.75 Å².